The van der Waals surface area contributed by atoms with Crippen molar-refractivity contribution in [3.63, 3.8) is 0 Å². The third kappa shape index (κ3) is 19.4. The van der Waals surface area contributed by atoms with E-state index in [-0.39, 0.29) is 0 Å². The van der Waals surface area contributed by atoms with Gasteiger partial charge >= 0.3 is 0 Å². The molecular formula is C22H43NO. The van der Waals surface area contributed by atoms with E-state index in [9.17, 15) is 4.79 Å². The Kier molecular flexibility index (Phi) is 18.2. The molecule has 0 aliphatic rings. The van der Waals surface area contributed by atoms with Crippen molar-refractivity contribution in [2.24, 2.45) is 0 Å². The highest BCUT2D eigenvalue weighted by Gasteiger charge is 2.02. The van der Waals surface area contributed by atoms with Crippen LogP contribution in [-0.2, 0) is 4.79 Å². The lowest BCUT2D eigenvalue weighted by atomic mass is 10.1. The molecule has 0 rings (SSSR count). The smallest absolute Gasteiger partial charge is 0.134 e. The van der Waals surface area contributed by atoms with Crippen molar-refractivity contribution in [3.05, 3.63) is 12.2 Å². The third-order valence-corrected chi connectivity index (χ3v) is 4.56. The van der Waals surface area contributed by atoms with E-state index in [1.807, 2.05) is 14.1 Å². The Morgan fingerprint density at radius 1 is 0.708 bits per heavy atom. The standard InChI is InChI=1S/C22H43NO/c1-4-5-6-7-8-9-10-11-12-13-14-15-16-17-18-19-22(24)20-21-23(2)3/h11-12H,4-10,13-21H2,1-3H3/b12-11-. The molecule has 2 heteroatoms. The summed E-state index contributed by atoms with van der Waals surface area (Å²) in [5.41, 5.74) is 0. The monoisotopic (exact) mass is 337 g/mol. The van der Waals surface area contributed by atoms with Crippen LogP contribution in [0.5, 0.6) is 0 Å². The molecule has 0 radical (unpaired) electrons. The van der Waals surface area contributed by atoms with Crippen molar-refractivity contribution >= 4 is 5.78 Å². The summed E-state index contributed by atoms with van der Waals surface area (Å²) in [6, 6.07) is 0. The maximum Gasteiger partial charge on any atom is 0.134 e. The van der Waals surface area contributed by atoms with Gasteiger partial charge in [0.2, 0.25) is 0 Å². The number of hydrogen-bond donors (Lipinski definition) is 0. The number of Topliss-reactive ketones (excluding diaryl/α,β-unsaturated/α-hetero) is 1. The summed E-state index contributed by atoms with van der Waals surface area (Å²) in [5.74, 6) is 0.432. The summed E-state index contributed by atoms with van der Waals surface area (Å²) in [7, 11) is 4.05. The number of nitrogens with zero attached hydrogens (tertiary/aromatic N) is 1. The van der Waals surface area contributed by atoms with Gasteiger partial charge in [-0.2, -0.15) is 0 Å². The summed E-state index contributed by atoms with van der Waals surface area (Å²) in [4.78, 5) is 13.7. The quantitative estimate of drug-likeness (QED) is 0.209. The van der Waals surface area contributed by atoms with Gasteiger partial charge in [0.15, 0.2) is 0 Å². The number of carbonyl (C=O) groups excluding carboxylic acids is 1. The van der Waals surface area contributed by atoms with E-state index in [1.54, 1.807) is 0 Å². The van der Waals surface area contributed by atoms with E-state index in [4.69, 9.17) is 0 Å². The van der Waals surface area contributed by atoms with Crippen LogP contribution in [0.25, 0.3) is 0 Å². The predicted octanol–water partition coefficient (Wildman–Crippen LogP) is 6.54. The zero-order valence-corrected chi connectivity index (χ0v) is 16.8. The summed E-state index contributed by atoms with van der Waals surface area (Å²) in [6.07, 6.45) is 23.3. The van der Waals surface area contributed by atoms with Gasteiger partial charge in [-0.05, 0) is 46.2 Å². The second-order valence-electron chi connectivity index (χ2n) is 7.43. The van der Waals surface area contributed by atoms with Crippen molar-refractivity contribution < 1.29 is 4.79 Å². The van der Waals surface area contributed by atoms with Crippen LogP contribution >= 0.6 is 0 Å². The number of allylic oxidation sites excluding steroid dienone is 2. The molecule has 0 aromatic rings. The average Bonchev–Trinajstić information content (AvgIpc) is 2.56. The van der Waals surface area contributed by atoms with E-state index >= 15 is 0 Å². The first-order valence-corrected chi connectivity index (χ1v) is 10.5. The first-order valence-electron chi connectivity index (χ1n) is 10.5. The van der Waals surface area contributed by atoms with Crippen molar-refractivity contribution in [1.29, 1.82) is 0 Å². The topological polar surface area (TPSA) is 20.3 Å². The SMILES string of the molecule is CCCCCCCC/C=C\CCCCCCCC(=O)CCN(C)C. The fourth-order valence-corrected chi connectivity index (χ4v) is 2.87. The second-order valence-corrected chi connectivity index (χ2v) is 7.43. The molecule has 0 aromatic carbocycles. The Hall–Kier alpha value is -0.630. The fourth-order valence-electron chi connectivity index (χ4n) is 2.87. The van der Waals surface area contributed by atoms with Gasteiger partial charge in [-0.25, -0.2) is 0 Å². The second kappa shape index (κ2) is 18.7. The van der Waals surface area contributed by atoms with Crippen molar-refractivity contribution in [1.82, 2.24) is 4.90 Å². The van der Waals surface area contributed by atoms with Crippen molar-refractivity contribution in [2.45, 2.75) is 103 Å². The van der Waals surface area contributed by atoms with Crippen molar-refractivity contribution in [3.8, 4) is 0 Å². The fraction of sp³-hybridized carbons (Fsp3) is 0.864. The molecule has 0 aromatic heterocycles. The molecule has 0 fully saturated rings. The van der Waals surface area contributed by atoms with Crippen LogP contribution < -0.4 is 0 Å². The van der Waals surface area contributed by atoms with Gasteiger partial charge in [-0.3, -0.25) is 4.79 Å². The van der Waals surface area contributed by atoms with E-state index in [0.29, 0.717) is 5.78 Å². The molecule has 0 heterocycles. The van der Waals surface area contributed by atoms with Gasteiger partial charge in [-0.15, -0.1) is 0 Å². The van der Waals surface area contributed by atoms with Gasteiger partial charge in [-0.1, -0.05) is 70.4 Å². The summed E-state index contributed by atoms with van der Waals surface area (Å²) in [5, 5.41) is 0. The molecule has 0 N–H and O–H groups in total. The highest BCUT2D eigenvalue weighted by molar-refractivity contribution is 5.78. The highest BCUT2D eigenvalue weighted by Crippen LogP contribution is 2.10. The molecule has 0 spiro atoms. The molecule has 0 saturated carbocycles. The van der Waals surface area contributed by atoms with Crippen LogP contribution in [0.2, 0.25) is 0 Å². The largest absolute Gasteiger partial charge is 0.309 e. The van der Waals surface area contributed by atoms with E-state index < -0.39 is 0 Å². The number of carbonyl (C=O) groups is 1. The van der Waals surface area contributed by atoms with Crippen LogP contribution in [0.15, 0.2) is 12.2 Å². The Morgan fingerprint density at radius 2 is 1.21 bits per heavy atom. The maximum absolute atomic E-state index is 11.6. The molecule has 142 valence electrons. The third-order valence-electron chi connectivity index (χ3n) is 4.56. The van der Waals surface area contributed by atoms with Gasteiger partial charge in [0, 0.05) is 19.4 Å². The molecule has 0 atom stereocenters. The zero-order chi connectivity index (χ0) is 17.9. The van der Waals surface area contributed by atoms with E-state index in [2.05, 4.69) is 24.0 Å². The molecule has 2 nitrogen and oxygen atoms in total. The van der Waals surface area contributed by atoms with Crippen LogP contribution in [0, 0.1) is 0 Å². The molecule has 0 saturated heterocycles. The Bertz CT molecular complexity index is 296. The minimum absolute atomic E-state index is 0.432. The summed E-state index contributed by atoms with van der Waals surface area (Å²) in [6.45, 7) is 3.17. The molecule has 0 bridgehead atoms. The Morgan fingerprint density at radius 3 is 1.75 bits per heavy atom. The molecule has 0 aliphatic carbocycles. The first kappa shape index (κ1) is 23.4. The van der Waals surface area contributed by atoms with E-state index in [0.717, 1.165) is 25.8 Å². The molecule has 24 heavy (non-hydrogen) atoms. The molecule has 0 amide bonds. The lowest BCUT2D eigenvalue weighted by Gasteiger charge is -2.08. The Balaban J connectivity index is 3.19. The molecule has 0 aliphatic heterocycles. The van der Waals surface area contributed by atoms with Crippen LogP contribution in [0.4, 0.5) is 0 Å². The van der Waals surface area contributed by atoms with Gasteiger partial charge in [0.05, 0.1) is 0 Å². The van der Waals surface area contributed by atoms with Crippen LogP contribution in [0.3, 0.4) is 0 Å². The van der Waals surface area contributed by atoms with E-state index in [1.165, 1.54) is 77.0 Å². The van der Waals surface area contributed by atoms with Crippen molar-refractivity contribution in [2.75, 3.05) is 20.6 Å². The lowest BCUT2D eigenvalue weighted by molar-refractivity contribution is -0.119. The number of rotatable bonds is 18. The first-order chi connectivity index (χ1) is 11.7. The number of unbranched alkanes of at least 4 members (excludes halogenated alkanes) is 11. The van der Waals surface area contributed by atoms with Gasteiger partial charge in [0.25, 0.3) is 0 Å². The zero-order valence-electron chi connectivity index (χ0n) is 16.8. The predicted molar refractivity (Wildman–Crippen MR) is 108 cm³/mol. The maximum atomic E-state index is 11.6. The number of ketones is 1. The highest BCUT2D eigenvalue weighted by atomic mass is 16.1. The Labute approximate surface area is 152 Å². The summed E-state index contributed by atoms with van der Waals surface area (Å²) < 4.78 is 0. The molecular weight excluding hydrogens is 294 g/mol. The number of hydrogen-bond acceptors (Lipinski definition) is 2. The average molecular weight is 338 g/mol. The minimum atomic E-state index is 0.432. The lowest BCUT2D eigenvalue weighted by Crippen LogP contribution is -2.16. The van der Waals surface area contributed by atoms with Gasteiger partial charge < -0.3 is 4.90 Å². The minimum Gasteiger partial charge on any atom is -0.309 e. The summed E-state index contributed by atoms with van der Waals surface area (Å²) >= 11 is 0. The van der Waals surface area contributed by atoms with Crippen LogP contribution in [-0.4, -0.2) is 31.3 Å². The molecule has 0 unspecified atom stereocenters. The normalized spacial score (nSPS) is 11.7. The van der Waals surface area contributed by atoms with Gasteiger partial charge in [0.1, 0.15) is 5.78 Å². The van der Waals surface area contributed by atoms with Crippen LogP contribution in [0.1, 0.15) is 103 Å².